The zero-order valence-electron chi connectivity index (χ0n) is 11.3. The molecule has 4 rings (SSSR count). The lowest BCUT2D eigenvalue weighted by atomic mass is 9.94. The standard InChI is InChI=1S/C14H18N6/c1-2-6-15-11(5-1)13-17-14(19-18-13)20-8-10-4-3-7-16-12(10)9-20/h1-2,5-6,10,12,16H,3-4,7-9H2,(H,17,18,19). The monoisotopic (exact) mass is 270 g/mol. The summed E-state index contributed by atoms with van der Waals surface area (Å²) in [7, 11) is 0. The van der Waals surface area contributed by atoms with Crippen molar-refractivity contribution in [3.8, 4) is 11.5 Å². The Morgan fingerprint density at radius 2 is 2.25 bits per heavy atom. The molecule has 20 heavy (non-hydrogen) atoms. The van der Waals surface area contributed by atoms with Crippen LogP contribution < -0.4 is 10.2 Å². The molecule has 104 valence electrons. The van der Waals surface area contributed by atoms with Crippen molar-refractivity contribution in [3.05, 3.63) is 24.4 Å². The zero-order chi connectivity index (χ0) is 13.4. The van der Waals surface area contributed by atoms with Crippen LogP contribution in [0.4, 0.5) is 5.95 Å². The fraction of sp³-hybridized carbons (Fsp3) is 0.500. The second-order valence-corrected chi connectivity index (χ2v) is 5.57. The molecule has 0 radical (unpaired) electrons. The normalized spacial score (nSPS) is 25.7. The first kappa shape index (κ1) is 11.8. The number of piperidine rings is 1. The summed E-state index contributed by atoms with van der Waals surface area (Å²) in [6, 6.07) is 6.40. The van der Waals surface area contributed by atoms with Gasteiger partial charge in [0, 0.05) is 25.3 Å². The number of anilines is 1. The summed E-state index contributed by atoms with van der Waals surface area (Å²) in [6.45, 7) is 3.20. The lowest BCUT2D eigenvalue weighted by molar-refractivity contribution is 0.340. The van der Waals surface area contributed by atoms with Gasteiger partial charge in [-0.3, -0.25) is 10.1 Å². The SMILES string of the molecule is c1ccc(-c2nc(N3CC4CCCNC4C3)n[nH]2)nc1. The van der Waals surface area contributed by atoms with Crippen molar-refractivity contribution in [2.24, 2.45) is 5.92 Å². The van der Waals surface area contributed by atoms with Crippen LogP contribution >= 0.6 is 0 Å². The second-order valence-electron chi connectivity index (χ2n) is 5.57. The molecule has 0 bridgehead atoms. The number of nitrogens with zero attached hydrogens (tertiary/aromatic N) is 4. The molecule has 2 N–H and O–H groups in total. The van der Waals surface area contributed by atoms with Crippen molar-refractivity contribution < 1.29 is 0 Å². The summed E-state index contributed by atoms with van der Waals surface area (Å²) in [5.41, 5.74) is 0.834. The van der Waals surface area contributed by atoms with Gasteiger partial charge in [-0.1, -0.05) is 6.07 Å². The van der Waals surface area contributed by atoms with Gasteiger partial charge in [0.25, 0.3) is 0 Å². The van der Waals surface area contributed by atoms with E-state index in [0.717, 1.165) is 43.0 Å². The van der Waals surface area contributed by atoms with Crippen LogP contribution in [0.15, 0.2) is 24.4 Å². The van der Waals surface area contributed by atoms with E-state index in [0.29, 0.717) is 6.04 Å². The van der Waals surface area contributed by atoms with Crippen LogP contribution in [0.25, 0.3) is 11.5 Å². The largest absolute Gasteiger partial charge is 0.338 e. The summed E-state index contributed by atoms with van der Waals surface area (Å²) in [5, 5.41) is 10.9. The first-order chi connectivity index (χ1) is 9.90. The highest BCUT2D eigenvalue weighted by Gasteiger charge is 2.35. The van der Waals surface area contributed by atoms with Crippen molar-refractivity contribution in [3.63, 3.8) is 0 Å². The van der Waals surface area contributed by atoms with Crippen molar-refractivity contribution in [2.45, 2.75) is 18.9 Å². The number of aromatic nitrogens is 4. The minimum atomic E-state index is 0.598. The van der Waals surface area contributed by atoms with Gasteiger partial charge in [-0.2, -0.15) is 4.98 Å². The van der Waals surface area contributed by atoms with Crippen LogP contribution in [0.2, 0.25) is 0 Å². The number of fused-ring (bicyclic) bond motifs is 1. The molecule has 0 aliphatic carbocycles. The molecule has 2 aliphatic heterocycles. The fourth-order valence-corrected chi connectivity index (χ4v) is 3.22. The van der Waals surface area contributed by atoms with E-state index in [2.05, 4.69) is 30.4 Å². The zero-order valence-corrected chi connectivity index (χ0v) is 11.3. The minimum Gasteiger partial charge on any atom is -0.338 e. The van der Waals surface area contributed by atoms with E-state index in [4.69, 9.17) is 0 Å². The quantitative estimate of drug-likeness (QED) is 0.854. The third kappa shape index (κ3) is 2.06. The third-order valence-electron chi connectivity index (χ3n) is 4.26. The average molecular weight is 270 g/mol. The molecule has 0 aromatic carbocycles. The van der Waals surface area contributed by atoms with Crippen LogP contribution in [-0.2, 0) is 0 Å². The first-order valence-electron chi connectivity index (χ1n) is 7.22. The molecule has 0 saturated carbocycles. The van der Waals surface area contributed by atoms with Crippen LogP contribution in [0, 0.1) is 5.92 Å². The molecule has 0 amide bonds. The molecular weight excluding hydrogens is 252 g/mol. The molecule has 6 nitrogen and oxygen atoms in total. The third-order valence-corrected chi connectivity index (χ3v) is 4.26. The maximum atomic E-state index is 4.59. The van der Waals surface area contributed by atoms with Gasteiger partial charge in [-0.25, -0.2) is 0 Å². The van der Waals surface area contributed by atoms with Gasteiger partial charge < -0.3 is 10.2 Å². The molecule has 6 heteroatoms. The van der Waals surface area contributed by atoms with E-state index in [1.54, 1.807) is 6.20 Å². The Kier molecular flexibility index (Phi) is 2.88. The van der Waals surface area contributed by atoms with E-state index in [1.165, 1.54) is 12.8 Å². The summed E-state index contributed by atoms with van der Waals surface area (Å²) < 4.78 is 0. The Morgan fingerprint density at radius 3 is 3.10 bits per heavy atom. The van der Waals surface area contributed by atoms with Crippen molar-refractivity contribution >= 4 is 5.95 Å². The summed E-state index contributed by atoms with van der Waals surface area (Å²) in [5.74, 6) is 2.27. The van der Waals surface area contributed by atoms with Crippen molar-refractivity contribution in [1.82, 2.24) is 25.5 Å². The summed E-state index contributed by atoms with van der Waals surface area (Å²) >= 11 is 0. The summed E-state index contributed by atoms with van der Waals surface area (Å²) in [4.78, 5) is 11.2. The predicted molar refractivity (Wildman–Crippen MR) is 76.3 cm³/mol. The van der Waals surface area contributed by atoms with Gasteiger partial charge >= 0.3 is 0 Å². The second kappa shape index (κ2) is 4.86. The van der Waals surface area contributed by atoms with Crippen LogP contribution in [0.3, 0.4) is 0 Å². The predicted octanol–water partition coefficient (Wildman–Crippen LogP) is 1.05. The highest BCUT2D eigenvalue weighted by atomic mass is 15.4. The lowest BCUT2D eigenvalue weighted by Crippen LogP contribution is -2.40. The number of pyridine rings is 1. The highest BCUT2D eigenvalue weighted by molar-refractivity contribution is 5.51. The van der Waals surface area contributed by atoms with Gasteiger partial charge in [0.15, 0.2) is 5.82 Å². The number of hydrogen-bond acceptors (Lipinski definition) is 5. The Hall–Kier alpha value is -1.95. The van der Waals surface area contributed by atoms with Gasteiger partial charge in [-0.15, -0.1) is 5.10 Å². The van der Waals surface area contributed by atoms with E-state index in [9.17, 15) is 0 Å². The maximum Gasteiger partial charge on any atom is 0.245 e. The Balaban J connectivity index is 1.54. The Bertz CT molecular complexity index is 566. The van der Waals surface area contributed by atoms with E-state index in [-0.39, 0.29) is 0 Å². The van der Waals surface area contributed by atoms with Crippen molar-refractivity contribution in [2.75, 3.05) is 24.5 Å². The number of H-pyrrole nitrogens is 1. The smallest absolute Gasteiger partial charge is 0.245 e. The number of aromatic amines is 1. The molecule has 2 saturated heterocycles. The molecule has 2 fully saturated rings. The highest BCUT2D eigenvalue weighted by Crippen LogP contribution is 2.27. The lowest BCUT2D eigenvalue weighted by Gasteiger charge is -2.24. The Labute approximate surface area is 117 Å². The van der Waals surface area contributed by atoms with E-state index in [1.807, 2.05) is 18.2 Å². The molecule has 2 atom stereocenters. The van der Waals surface area contributed by atoms with Gasteiger partial charge in [-0.05, 0) is 37.4 Å². The van der Waals surface area contributed by atoms with Gasteiger partial charge in [0.05, 0.1) is 0 Å². The molecule has 2 aromatic rings. The molecule has 2 unspecified atom stereocenters. The van der Waals surface area contributed by atoms with Crippen LogP contribution in [0.1, 0.15) is 12.8 Å². The van der Waals surface area contributed by atoms with E-state index < -0.39 is 0 Å². The molecular formula is C14H18N6. The van der Waals surface area contributed by atoms with Crippen LogP contribution in [-0.4, -0.2) is 45.8 Å². The van der Waals surface area contributed by atoms with E-state index >= 15 is 0 Å². The number of rotatable bonds is 2. The minimum absolute atomic E-state index is 0.598. The fourth-order valence-electron chi connectivity index (χ4n) is 3.22. The molecule has 2 aromatic heterocycles. The Morgan fingerprint density at radius 1 is 1.25 bits per heavy atom. The van der Waals surface area contributed by atoms with Crippen molar-refractivity contribution in [1.29, 1.82) is 0 Å². The topological polar surface area (TPSA) is 69.7 Å². The maximum absolute atomic E-state index is 4.59. The number of hydrogen-bond donors (Lipinski definition) is 2. The molecule has 4 heterocycles. The first-order valence-corrected chi connectivity index (χ1v) is 7.22. The average Bonchev–Trinajstić information content (AvgIpc) is 3.14. The van der Waals surface area contributed by atoms with Crippen LogP contribution in [0.5, 0.6) is 0 Å². The molecule has 0 spiro atoms. The van der Waals surface area contributed by atoms with Gasteiger partial charge in [0.2, 0.25) is 5.95 Å². The van der Waals surface area contributed by atoms with Gasteiger partial charge in [0.1, 0.15) is 5.69 Å². The molecule has 2 aliphatic rings. The number of nitrogens with one attached hydrogen (secondary N) is 2. The summed E-state index contributed by atoms with van der Waals surface area (Å²) in [6.07, 6.45) is 4.36.